The number of hydrogen-bond donors (Lipinski definition) is 3. The Balaban J connectivity index is 2.40. The molecule has 4 heteroatoms. The molecule has 1 saturated carbocycles. The normalized spacial score (nSPS) is 22.8. The van der Waals surface area contributed by atoms with Gasteiger partial charge in [-0.15, -0.1) is 0 Å². The van der Waals surface area contributed by atoms with E-state index in [1.54, 1.807) is 6.92 Å². The van der Waals surface area contributed by atoms with Crippen LogP contribution in [0.3, 0.4) is 0 Å². The lowest BCUT2D eigenvalue weighted by molar-refractivity contribution is -0.149. The molecule has 0 aromatic carbocycles. The minimum absolute atomic E-state index is 0.353. The van der Waals surface area contributed by atoms with Gasteiger partial charge in [-0.2, -0.15) is 0 Å². The van der Waals surface area contributed by atoms with Crippen LogP contribution in [0.5, 0.6) is 0 Å². The summed E-state index contributed by atoms with van der Waals surface area (Å²) >= 11 is 0. The van der Waals surface area contributed by atoms with Crippen molar-refractivity contribution in [3.05, 3.63) is 0 Å². The molecule has 1 aliphatic carbocycles. The smallest absolute Gasteiger partial charge is 0.323 e. The van der Waals surface area contributed by atoms with Gasteiger partial charge in [0.05, 0.1) is 6.10 Å². The van der Waals surface area contributed by atoms with Crippen LogP contribution in [0.25, 0.3) is 0 Å². The molecule has 3 N–H and O–H groups in total. The summed E-state index contributed by atoms with van der Waals surface area (Å²) in [6.45, 7) is 1.99. The number of carbonyl (C=O) groups is 1. The van der Waals surface area contributed by atoms with Gasteiger partial charge in [-0.25, -0.2) is 0 Å². The fourth-order valence-corrected chi connectivity index (χ4v) is 1.34. The first-order valence-electron chi connectivity index (χ1n) is 4.23. The molecule has 0 bridgehead atoms. The Morgan fingerprint density at radius 1 is 1.67 bits per heavy atom. The molecule has 0 aromatic rings. The van der Waals surface area contributed by atoms with Gasteiger partial charge in [-0.05, 0) is 26.2 Å². The lowest BCUT2D eigenvalue weighted by atomic mass is 9.77. The van der Waals surface area contributed by atoms with Crippen LogP contribution in [0, 0.1) is 0 Å². The Morgan fingerprint density at radius 2 is 2.25 bits per heavy atom. The fraction of sp³-hybridized carbons (Fsp3) is 0.875. The monoisotopic (exact) mass is 173 g/mol. The van der Waals surface area contributed by atoms with Crippen molar-refractivity contribution in [3.8, 4) is 0 Å². The van der Waals surface area contributed by atoms with Crippen LogP contribution in [0.4, 0.5) is 0 Å². The van der Waals surface area contributed by atoms with Crippen LogP contribution in [0.15, 0.2) is 0 Å². The van der Waals surface area contributed by atoms with E-state index in [0.29, 0.717) is 19.4 Å². The summed E-state index contributed by atoms with van der Waals surface area (Å²) in [6.07, 6.45) is 1.82. The third-order valence-electron chi connectivity index (χ3n) is 2.35. The van der Waals surface area contributed by atoms with Crippen molar-refractivity contribution >= 4 is 5.97 Å². The minimum Gasteiger partial charge on any atom is -0.480 e. The molecule has 1 unspecified atom stereocenters. The first-order chi connectivity index (χ1) is 5.57. The second-order valence-corrected chi connectivity index (χ2v) is 3.47. The van der Waals surface area contributed by atoms with Crippen molar-refractivity contribution in [2.75, 3.05) is 6.54 Å². The van der Waals surface area contributed by atoms with Gasteiger partial charge >= 0.3 is 5.97 Å². The minimum atomic E-state index is -0.797. The number of aliphatic hydroxyl groups is 1. The van der Waals surface area contributed by atoms with E-state index < -0.39 is 17.6 Å². The number of carboxylic acids is 1. The largest absolute Gasteiger partial charge is 0.480 e. The molecule has 0 amide bonds. The van der Waals surface area contributed by atoms with Gasteiger partial charge in [0, 0.05) is 6.54 Å². The van der Waals surface area contributed by atoms with Gasteiger partial charge in [0.1, 0.15) is 5.54 Å². The molecule has 1 fully saturated rings. The van der Waals surface area contributed by atoms with Gasteiger partial charge in [-0.1, -0.05) is 0 Å². The number of hydrogen-bond acceptors (Lipinski definition) is 3. The Labute approximate surface area is 71.6 Å². The average Bonchev–Trinajstić information content (AvgIpc) is 1.83. The highest BCUT2D eigenvalue weighted by Crippen LogP contribution is 2.31. The Kier molecular flexibility index (Phi) is 2.69. The highest BCUT2D eigenvalue weighted by molar-refractivity contribution is 5.79. The molecule has 1 aliphatic rings. The Morgan fingerprint density at radius 3 is 2.50 bits per heavy atom. The molecule has 0 spiro atoms. The van der Waals surface area contributed by atoms with Gasteiger partial charge in [0.15, 0.2) is 0 Å². The maximum atomic E-state index is 10.8. The first-order valence-corrected chi connectivity index (χ1v) is 4.23. The molecular formula is C8H15NO3. The molecule has 70 valence electrons. The highest BCUT2D eigenvalue weighted by atomic mass is 16.4. The number of aliphatic hydroxyl groups excluding tert-OH is 1. The fourth-order valence-electron chi connectivity index (χ4n) is 1.34. The summed E-state index contributed by atoms with van der Waals surface area (Å²) in [5.74, 6) is -0.797. The number of rotatable bonds is 4. The van der Waals surface area contributed by atoms with E-state index >= 15 is 0 Å². The number of carboxylic acid groups (broad SMARTS) is 1. The maximum Gasteiger partial charge on any atom is 0.323 e. The molecule has 12 heavy (non-hydrogen) atoms. The van der Waals surface area contributed by atoms with Crippen LogP contribution in [-0.4, -0.2) is 34.4 Å². The van der Waals surface area contributed by atoms with Crippen molar-refractivity contribution in [3.63, 3.8) is 0 Å². The SMILES string of the molecule is CC(O)CNC1(C(=O)O)CCC1. The molecule has 1 rings (SSSR count). The van der Waals surface area contributed by atoms with Gasteiger partial charge in [0.2, 0.25) is 0 Å². The molecule has 0 radical (unpaired) electrons. The predicted octanol–water partition coefficient (Wildman–Crippen LogP) is -0.0359. The second-order valence-electron chi connectivity index (χ2n) is 3.47. The van der Waals surface area contributed by atoms with Gasteiger partial charge in [0.25, 0.3) is 0 Å². The summed E-state index contributed by atoms with van der Waals surface area (Å²) in [5, 5.41) is 20.7. The molecule has 0 aromatic heterocycles. The zero-order valence-electron chi connectivity index (χ0n) is 7.21. The highest BCUT2D eigenvalue weighted by Gasteiger charge is 2.43. The number of nitrogens with one attached hydrogen (secondary N) is 1. The molecule has 0 aliphatic heterocycles. The Hall–Kier alpha value is -0.610. The van der Waals surface area contributed by atoms with Crippen molar-refractivity contribution in [1.29, 1.82) is 0 Å². The van der Waals surface area contributed by atoms with Crippen molar-refractivity contribution in [2.24, 2.45) is 0 Å². The van der Waals surface area contributed by atoms with E-state index in [9.17, 15) is 4.79 Å². The maximum absolute atomic E-state index is 10.8. The van der Waals surface area contributed by atoms with Crippen LogP contribution >= 0.6 is 0 Å². The number of β-amino-alcohol motifs (C(OH)–C–C–N with tert-alkyl or cyclic N) is 1. The summed E-state index contributed by atoms with van der Waals surface area (Å²) < 4.78 is 0. The third kappa shape index (κ3) is 1.76. The molecule has 1 atom stereocenters. The second kappa shape index (κ2) is 3.41. The molecule has 4 nitrogen and oxygen atoms in total. The van der Waals surface area contributed by atoms with Crippen LogP contribution in [0.1, 0.15) is 26.2 Å². The van der Waals surface area contributed by atoms with Gasteiger partial charge < -0.3 is 10.2 Å². The lowest BCUT2D eigenvalue weighted by Crippen LogP contribution is -2.58. The average molecular weight is 173 g/mol. The first kappa shape index (κ1) is 9.48. The zero-order chi connectivity index (χ0) is 9.19. The summed E-state index contributed by atoms with van der Waals surface area (Å²) in [5.41, 5.74) is -0.739. The quantitative estimate of drug-likeness (QED) is 0.558. The van der Waals surface area contributed by atoms with E-state index in [2.05, 4.69) is 5.32 Å². The van der Waals surface area contributed by atoms with Crippen molar-refractivity contribution in [1.82, 2.24) is 5.32 Å². The van der Waals surface area contributed by atoms with Crippen LogP contribution in [0.2, 0.25) is 0 Å². The standard InChI is InChI=1S/C8H15NO3/c1-6(10)5-9-8(7(11)12)3-2-4-8/h6,9-10H,2-5H2,1H3,(H,11,12). The molecule has 0 heterocycles. The topological polar surface area (TPSA) is 69.6 Å². The summed E-state index contributed by atoms with van der Waals surface area (Å²) in [6, 6.07) is 0. The summed E-state index contributed by atoms with van der Waals surface area (Å²) in [4.78, 5) is 10.8. The third-order valence-corrected chi connectivity index (χ3v) is 2.35. The van der Waals surface area contributed by atoms with E-state index in [1.165, 1.54) is 0 Å². The van der Waals surface area contributed by atoms with E-state index in [0.717, 1.165) is 6.42 Å². The van der Waals surface area contributed by atoms with Crippen molar-refractivity contribution < 1.29 is 15.0 Å². The lowest BCUT2D eigenvalue weighted by Gasteiger charge is -2.38. The number of aliphatic carboxylic acids is 1. The van der Waals surface area contributed by atoms with E-state index in [1.807, 2.05) is 0 Å². The molecule has 0 saturated heterocycles. The summed E-state index contributed by atoms with van der Waals surface area (Å²) in [7, 11) is 0. The predicted molar refractivity (Wildman–Crippen MR) is 43.9 cm³/mol. The zero-order valence-corrected chi connectivity index (χ0v) is 7.21. The van der Waals surface area contributed by atoms with E-state index in [4.69, 9.17) is 10.2 Å². The van der Waals surface area contributed by atoms with E-state index in [-0.39, 0.29) is 0 Å². The van der Waals surface area contributed by atoms with Crippen LogP contribution in [-0.2, 0) is 4.79 Å². The van der Waals surface area contributed by atoms with Gasteiger partial charge in [-0.3, -0.25) is 10.1 Å². The Bertz CT molecular complexity index is 175. The van der Waals surface area contributed by atoms with Crippen LogP contribution < -0.4 is 5.32 Å². The van der Waals surface area contributed by atoms with Crippen molar-refractivity contribution in [2.45, 2.75) is 37.8 Å². The molecular weight excluding hydrogens is 158 g/mol.